The highest BCUT2D eigenvalue weighted by atomic mass is 32.2. The summed E-state index contributed by atoms with van der Waals surface area (Å²) < 4.78 is 42.7. The molecule has 0 radical (unpaired) electrons. The number of benzene rings is 5. The second-order valence-corrected chi connectivity index (χ2v) is 12.3. The number of amides is 1. The molecule has 2 aliphatic heterocycles. The number of rotatable bonds is 7. The van der Waals surface area contributed by atoms with Gasteiger partial charge in [0, 0.05) is 23.1 Å². The number of nitrogens with one attached hydrogen (secondary N) is 1. The van der Waals surface area contributed by atoms with E-state index >= 15 is 0 Å². The van der Waals surface area contributed by atoms with Crippen molar-refractivity contribution in [3.8, 4) is 11.5 Å². The predicted octanol–water partition coefficient (Wildman–Crippen LogP) is 6.94. The minimum atomic E-state index is -3.99. The van der Waals surface area contributed by atoms with Crippen molar-refractivity contribution in [2.75, 3.05) is 16.2 Å². The molecule has 0 saturated carbocycles. The zero-order valence-corrected chi connectivity index (χ0v) is 23.9. The molecule has 5 aromatic rings. The van der Waals surface area contributed by atoms with Gasteiger partial charge in [-0.05, 0) is 47.5 Å². The zero-order chi connectivity index (χ0) is 29.4. The van der Waals surface area contributed by atoms with Gasteiger partial charge >= 0.3 is 0 Å². The van der Waals surface area contributed by atoms with Gasteiger partial charge in [0.05, 0.1) is 28.9 Å². The second kappa shape index (κ2) is 11.0. The van der Waals surface area contributed by atoms with Crippen molar-refractivity contribution in [3.63, 3.8) is 0 Å². The molecule has 0 fully saturated rings. The highest BCUT2D eigenvalue weighted by molar-refractivity contribution is 7.92. The first-order chi connectivity index (χ1) is 21.0. The van der Waals surface area contributed by atoms with Crippen molar-refractivity contribution in [2.24, 2.45) is 0 Å². The van der Waals surface area contributed by atoms with E-state index in [2.05, 4.69) is 5.32 Å². The number of nitrogens with zero attached hydrogens (tertiary/aromatic N) is 1. The highest BCUT2D eigenvalue weighted by Crippen LogP contribution is 2.57. The maximum atomic E-state index is 14.4. The molecule has 43 heavy (non-hydrogen) atoms. The van der Waals surface area contributed by atoms with Crippen LogP contribution in [0.2, 0.25) is 0 Å². The minimum Gasteiger partial charge on any atom is -0.492 e. The number of fused-ring (bicyclic) bond motifs is 5. The molecule has 0 spiro atoms. The SMILES string of the molecule is O=C(Nc1cc2c(cc1OCc1ccccc1)N(S(=O)(=O)c1ccccc1)C1c3ccccc3OCC21)c1ccccc1. The lowest BCUT2D eigenvalue weighted by molar-refractivity contribution is 0.102. The van der Waals surface area contributed by atoms with Gasteiger partial charge in [-0.2, -0.15) is 0 Å². The summed E-state index contributed by atoms with van der Waals surface area (Å²) >= 11 is 0. The summed E-state index contributed by atoms with van der Waals surface area (Å²) in [4.78, 5) is 13.5. The van der Waals surface area contributed by atoms with E-state index in [9.17, 15) is 13.2 Å². The molecular formula is C35H28N2O5S. The molecule has 2 aliphatic rings. The van der Waals surface area contributed by atoms with Crippen LogP contribution in [0.15, 0.2) is 132 Å². The first-order valence-electron chi connectivity index (χ1n) is 14.0. The number of para-hydroxylation sites is 1. The molecule has 2 heterocycles. The Labute approximate surface area is 250 Å². The summed E-state index contributed by atoms with van der Waals surface area (Å²) in [5, 5.41) is 3.02. The molecule has 0 saturated heterocycles. The van der Waals surface area contributed by atoms with Gasteiger partial charge < -0.3 is 14.8 Å². The van der Waals surface area contributed by atoms with Crippen LogP contribution in [0.25, 0.3) is 0 Å². The maximum Gasteiger partial charge on any atom is 0.264 e. The van der Waals surface area contributed by atoms with Crippen molar-refractivity contribution in [3.05, 3.63) is 150 Å². The minimum absolute atomic E-state index is 0.193. The molecule has 7 rings (SSSR count). The number of carbonyl (C=O) groups excluding carboxylic acids is 1. The topological polar surface area (TPSA) is 84.9 Å². The normalized spacial score (nSPS) is 16.8. The van der Waals surface area contributed by atoms with Gasteiger partial charge in [0.25, 0.3) is 15.9 Å². The number of hydrogen-bond acceptors (Lipinski definition) is 5. The van der Waals surface area contributed by atoms with E-state index in [1.54, 1.807) is 60.7 Å². The summed E-state index contributed by atoms with van der Waals surface area (Å²) in [6, 6.07) is 37.6. The van der Waals surface area contributed by atoms with Crippen molar-refractivity contribution in [1.29, 1.82) is 0 Å². The third kappa shape index (κ3) is 4.89. The average Bonchev–Trinajstić information content (AvgIpc) is 3.39. The molecule has 2 atom stereocenters. The third-order valence-electron chi connectivity index (χ3n) is 7.88. The van der Waals surface area contributed by atoms with Gasteiger partial charge in [0.15, 0.2) is 0 Å². The van der Waals surface area contributed by atoms with E-state index in [0.29, 0.717) is 28.4 Å². The zero-order valence-electron chi connectivity index (χ0n) is 23.1. The molecule has 5 aromatic carbocycles. The predicted molar refractivity (Wildman–Crippen MR) is 165 cm³/mol. The Morgan fingerprint density at radius 2 is 1.47 bits per heavy atom. The first kappa shape index (κ1) is 26.8. The standard InChI is InChI=1S/C35H28N2O5S/c38-35(25-14-6-2-7-15-25)36-30-20-28-29-23-42-32-19-11-10-18-27(32)34(29)37(43(39,40)26-16-8-3-9-17-26)31(28)21-33(30)41-22-24-12-4-1-5-13-24/h1-21,29,34H,22-23H2,(H,36,38). The van der Waals surface area contributed by atoms with Gasteiger partial charge in [0.1, 0.15) is 18.1 Å². The van der Waals surface area contributed by atoms with Gasteiger partial charge in [-0.15, -0.1) is 0 Å². The maximum absolute atomic E-state index is 14.4. The van der Waals surface area contributed by atoms with Crippen LogP contribution in [-0.2, 0) is 16.6 Å². The Hall–Kier alpha value is -5.08. The van der Waals surface area contributed by atoms with E-state index in [1.165, 1.54) is 4.31 Å². The molecule has 0 bridgehead atoms. The fraction of sp³-hybridized carbons (Fsp3) is 0.114. The largest absolute Gasteiger partial charge is 0.492 e. The van der Waals surface area contributed by atoms with Crippen LogP contribution in [0.3, 0.4) is 0 Å². The van der Waals surface area contributed by atoms with Gasteiger partial charge in [0.2, 0.25) is 0 Å². The van der Waals surface area contributed by atoms with Crippen LogP contribution in [0.1, 0.15) is 39.0 Å². The molecule has 214 valence electrons. The number of ether oxygens (including phenoxy) is 2. The number of carbonyl (C=O) groups is 1. The van der Waals surface area contributed by atoms with Crippen molar-refractivity contribution in [2.45, 2.75) is 23.5 Å². The van der Waals surface area contributed by atoms with Crippen molar-refractivity contribution in [1.82, 2.24) is 0 Å². The number of sulfonamides is 1. The Balaban J connectivity index is 1.38. The summed E-state index contributed by atoms with van der Waals surface area (Å²) in [5.74, 6) is 0.425. The lowest BCUT2D eigenvalue weighted by atomic mass is 9.88. The van der Waals surface area contributed by atoms with Crippen LogP contribution in [0.5, 0.6) is 11.5 Å². The van der Waals surface area contributed by atoms with Gasteiger partial charge in [-0.1, -0.05) is 84.9 Å². The smallest absolute Gasteiger partial charge is 0.264 e. The molecule has 1 N–H and O–H groups in total. The number of hydrogen-bond donors (Lipinski definition) is 1. The molecule has 0 aliphatic carbocycles. The van der Waals surface area contributed by atoms with Gasteiger partial charge in [-0.3, -0.25) is 9.10 Å². The Bertz CT molecular complexity index is 1900. The fourth-order valence-electron chi connectivity index (χ4n) is 5.84. The summed E-state index contributed by atoms with van der Waals surface area (Å²) in [5.41, 5.74) is 3.94. The lowest BCUT2D eigenvalue weighted by Crippen LogP contribution is -2.36. The van der Waals surface area contributed by atoms with E-state index in [4.69, 9.17) is 9.47 Å². The molecule has 8 heteroatoms. The molecule has 2 unspecified atom stereocenters. The Morgan fingerprint density at radius 3 is 2.21 bits per heavy atom. The van der Waals surface area contributed by atoms with Crippen LogP contribution >= 0.6 is 0 Å². The van der Waals surface area contributed by atoms with Crippen molar-refractivity contribution < 1.29 is 22.7 Å². The average molecular weight is 589 g/mol. The van der Waals surface area contributed by atoms with Crippen LogP contribution in [0, 0.1) is 0 Å². The third-order valence-corrected chi connectivity index (χ3v) is 9.69. The van der Waals surface area contributed by atoms with E-state index in [1.807, 2.05) is 66.7 Å². The lowest BCUT2D eigenvalue weighted by Gasteiger charge is -2.34. The van der Waals surface area contributed by atoms with Crippen molar-refractivity contribution >= 4 is 27.3 Å². The Kier molecular flexibility index (Phi) is 6.83. The van der Waals surface area contributed by atoms with Crippen LogP contribution < -0.4 is 19.1 Å². The Morgan fingerprint density at radius 1 is 0.814 bits per heavy atom. The highest BCUT2D eigenvalue weighted by Gasteiger charge is 2.49. The van der Waals surface area contributed by atoms with Crippen LogP contribution in [0.4, 0.5) is 11.4 Å². The van der Waals surface area contributed by atoms with E-state index in [-0.39, 0.29) is 29.9 Å². The van der Waals surface area contributed by atoms with Crippen LogP contribution in [-0.4, -0.2) is 20.9 Å². The fourth-order valence-corrected chi connectivity index (χ4v) is 7.54. The monoisotopic (exact) mass is 588 g/mol. The van der Waals surface area contributed by atoms with Gasteiger partial charge in [-0.25, -0.2) is 8.42 Å². The quantitative estimate of drug-likeness (QED) is 0.223. The molecule has 0 aromatic heterocycles. The molecule has 7 nitrogen and oxygen atoms in total. The molecule has 1 amide bonds. The summed E-state index contributed by atoms with van der Waals surface area (Å²) in [6.07, 6.45) is 0. The van der Waals surface area contributed by atoms with E-state index in [0.717, 1.165) is 16.7 Å². The summed E-state index contributed by atoms with van der Waals surface area (Å²) in [6.45, 7) is 0.518. The summed E-state index contributed by atoms with van der Waals surface area (Å²) in [7, 11) is -3.99. The number of anilines is 2. The first-order valence-corrected chi connectivity index (χ1v) is 15.5. The second-order valence-electron chi connectivity index (χ2n) is 10.5. The molecular weight excluding hydrogens is 560 g/mol. The van der Waals surface area contributed by atoms with E-state index < -0.39 is 16.1 Å².